The highest BCUT2D eigenvalue weighted by Crippen LogP contribution is 2.27. The fourth-order valence-corrected chi connectivity index (χ4v) is 4.27. The Balaban J connectivity index is 1.83. The molecule has 6 nitrogen and oxygen atoms in total. The first-order chi connectivity index (χ1) is 12.9. The number of carbonyl (C=O) groups is 1. The number of carbonyl (C=O) groups excluding carboxylic acids is 1. The maximum atomic E-state index is 12.7. The Morgan fingerprint density at radius 1 is 1.15 bits per heavy atom. The van der Waals surface area contributed by atoms with Gasteiger partial charge in [-0.15, -0.1) is 0 Å². The van der Waals surface area contributed by atoms with Gasteiger partial charge >= 0.3 is 0 Å². The molecule has 2 aromatic carbocycles. The van der Waals surface area contributed by atoms with Crippen LogP contribution in [0.2, 0.25) is 0 Å². The topological polar surface area (TPSA) is 75.7 Å². The Morgan fingerprint density at radius 3 is 2.67 bits per heavy atom. The third kappa shape index (κ3) is 4.42. The molecule has 0 atom stereocenters. The Kier molecular flexibility index (Phi) is 5.70. The molecule has 1 heterocycles. The lowest BCUT2D eigenvalue weighted by Gasteiger charge is -2.27. The molecule has 1 amide bonds. The Bertz CT molecular complexity index is 941. The van der Waals surface area contributed by atoms with Gasteiger partial charge in [-0.1, -0.05) is 6.07 Å². The van der Waals surface area contributed by atoms with Crippen molar-refractivity contribution in [3.8, 4) is 5.75 Å². The summed E-state index contributed by atoms with van der Waals surface area (Å²) in [5.41, 5.74) is 1.90. The summed E-state index contributed by atoms with van der Waals surface area (Å²) < 4.78 is 33.5. The first-order valence-electron chi connectivity index (χ1n) is 9.07. The molecule has 0 radical (unpaired) electrons. The summed E-state index contributed by atoms with van der Waals surface area (Å²) in [6.07, 6.45) is 2.38. The first kappa shape index (κ1) is 19.2. The minimum Gasteiger partial charge on any atom is -0.494 e. The van der Waals surface area contributed by atoms with Crippen molar-refractivity contribution in [2.75, 3.05) is 22.8 Å². The summed E-state index contributed by atoms with van der Waals surface area (Å²) in [6, 6.07) is 11.7. The number of sulfonamides is 1. The van der Waals surface area contributed by atoms with E-state index in [0.717, 1.165) is 18.4 Å². The highest BCUT2D eigenvalue weighted by atomic mass is 32.2. The molecule has 1 aliphatic heterocycles. The van der Waals surface area contributed by atoms with Gasteiger partial charge in [-0.05, 0) is 68.7 Å². The van der Waals surface area contributed by atoms with Crippen LogP contribution in [0, 0.1) is 6.92 Å². The van der Waals surface area contributed by atoms with Crippen molar-refractivity contribution >= 4 is 27.3 Å². The highest BCUT2D eigenvalue weighted by Gasteiger charge is 2.21. The molecular formula is C20H24N2O4S. The SMILES string of the molecule is CCOc1ccc(S(=O)(=O)Nc2cccc(N3CCCCC3=O)c2)cc1C. The minimum absolute atomic E-state index is 0.0726. The van der Waals surface area contributed by atoms with Crippen LogP contribution in [0.25, 0.3) is 0 Å². The van der Waals surface area contributed by atoms with Crippen LogP contribution in [0.4, 0.5) is 11.4 Å². The monoisotopic (exact) mass is 388 g/mol. The normalized spacial score (nSPS) is 14.9. The number of hydrogen-bond acceptors (Lipinski definition) is 4. The second-order valence-corrected chi connectivity index (χ2v) is 8.20. The molecule has 0 unspecified atom stereocenters. The number of rotatable bonds is 6. The predicted octanol–water partition coefficient (Wildman–Crippen LogP) is 3.71. The van der Waals surface area contributed by atoms with Crippen molar-refractivity contribution in [3.63, 3.8) is 0 Å². The maximum absolute atomic E-state index is 12.7. The summed E-state index contributed by atoms with van der Waals surface area (Å²) in [4.78, 5) is 14.0. The fraction of sp³-hybridized carbons (Fsp3) is 0.350. The first-order valence-corrected chi connectivity index (χ1v) is 10.6. The van der Waals surface area contributed by atoms with E-state index in [2.05, 4.69) is 4.72 Å². The van der Waals surface area contributed by atoms with Gasteiger partial charge in [0.1, 0.15) is 5.75 Å². The van der Waals surface area contributed by atoms with Crippen LogP contribution in [-0.4, -0.2) is 27.5 Å². The molecule has 1 aliphatic rings. The Hall–Kier alpha value is -2.54. The maximum Gasteiger partial charge on any atom is 0.261 e. The number of benzene rings is 2. The summed E-state index contributed by atoms with van der Waals surface area (Å²) in [5.74, 6) is 0.741. The standard InChI is InChI=1S/C20H24N2O4S/c1-3-26-19-11-10-18(13-15(19)2)27(24,25)21-16-7-6-8-17(14-16)22-12-5-4-9-20(22)23/h6-8,10-11,13-14,21H,3-5,9,12H2,1-2H3. The number of nitrogens with one attached hydrogen (secondary N) is 1. The van der Waals surface area contributed by atoms with Crippen LogP contribution in [0.1, 0.15) is 31.7 Å². The van der Waals surface area contributed by atoms with Crippen LogP contribution in [-0.2, 0) is 14.8 Å². The van der Waals surface area contributed by atoms with Gasteiger partial charge in [0.05, 0.1) is 17.2 Å². The molecule has 0 bridgehead atoms. The lowest BCUT2D eigenvalue weighted by molar-refractivity contribution is -0.119. The van der Waals surface area contributed by atoms with Gasteiger partial charge in [-0.2, -0.15) is 0 Å². The summed E-state index contributed by atoms with van der Waals surface area (Å²) in [7, 11) is -3.74. The number of piperidine rings is 1. The molecule has 0 spiro atoms. The van der Waals surface area contributed by atoms with Crippen LogP contribution in [0.5, 0.6) is 5.75 Å². The van der Waals surface area contributed by atoms with Gasteiger partial charge < -0.3 is 9.64 Å². The van der Waals surface area contributed by atoms with E-state index in [4.69, 9.17) is 4.74 Å². The van der Waals surface area contributed by atoms with Crippen LogP contribution >= 0.6 is 0 Å². The van der Waals surface area contributed by atoms with E-state index in [0.29, 0.717) is 36.7 Å². The summed E-state index contributed by atoms with van der Waals surface area (Å²) in [5, 5.41) is 0. The van der Waals surface area contributed by atoms with Crippen molar-refractivity contribution < 1.29 is 17.9 Å². The van der Waals surface area contributed by atoms with Gasteiger partial charge in [0, 0.05) is 18.7 Å². The third-order valence-electron chi connectivity index (χ3n) is 4.49. The van der Waals surface area contributed by atoms with Crippen molar-refractivity contribution in [2.24, 2.45) is 0 Å². The smallest absolute Gasteiger partial charge is 0.261 e. The van der Waals surface area contributed by atoms with Crippen molar-refractivity contribution in [3.05, 3.63) is 48.0 Å². The minimum atomic E-state index is -3.74. The number of aryl methyl sites for hydroxylation is 1. The second-order valence-electron chi connectivity index (χ2n) is 6.52. The quantitative estimate of drug-likeness (QED) is 0.818. The number of amides is 1. The highest BCUT2D eigenvalue weighted by molar-refractivity contribution is 7.92. The number of hydrogen-bond donors (Lipinski definition) is 1. The molecule has 0 saturated carbocycles. The molecule has 7 heteroatoms. The van der Waals surface area contributed by atoms with Crippen LogP contribution in [0.15, 0.2) is 47.4 Å². The van der Waals surface area contributed by atoms with Crippen LogP contribution < -0.4 is 14.4 Å². The van der Waals surface area contributed by atoms with E-state index in [1.54, 1.807) is 35.2 Å². The molecule has 1 fully saturated rings. The zero-order valence-corrected chi connectivity index (χ0v) is 16.4. The largest absolute Gasteiger partial charge is 0.494 e. The zero-order valence-electron chi connectivity index (χ0n) is 15.6. The Morgan fingerprint density at radius 2 is 1.96 bits per heavy atom. The van der Waals surface area contributed by atoms with Crippen LogP contribution in [0.3, 0.4) is 0 Å². The molecule has 1 saturated heterocycles. The van der Waals surface area contributed by atoms with E-state index in [-0.39, 0.29) is 10.8 Å². The lowest BCUT2D eigenvalue weighted by Crippen LogP contribution is -2.35. The number of nitrogens with zero attached hydrogens (tertiary/aromatic N) is 1. The van der Waals surface area contributed by atoms with Gasteiger partial charge in [-0.25, -0.2) is 8.42 Å². The zero-order chi connectivity index (χ0) is 19.4. The molecular weight excluding hydrogens is 364 g/mol. The average Bonchev–Trinajstić information content (AvgIpc) is 2.64. The number of anilines is 2. The third-order valence-corrected chi connectivity index (χ3v) is 5.87. The number of ether oxygens (including phenoxy) is 1. The van der Waals surface area contributed by atoms with Crippen molar-refractivity contribution in [1.29, 1.82) is 0 Å². The summed E-state index contributed by atoms with van der Waals surface area (Å²) in [6.45, 7) is 4.87. The lowest BCUT2D eigenvalue weighted by atomic mass is 10.1. The average molecular weight is 388 g/mol. The van der Waals surface area contributed by atoms with Gasteiger partial charge in [0.25, 0.3) is 10.0 Å². The predicted molar refractivity (Wildman–Crippen MR) is 106 cm³/mol. The molecule has 2 aromatic rings. The van der Waals surface area contributed by atoms with Gasteiger partial charge in [-0.3, -0.25) is 9.52 Å². The van der Waals surface area contributed by atoms with Crippen molar-refractivity contribution in [2.45, 2.75) is 38.0 Å². The molecule has 3 rings (SSSR count). The molecule has 1 N–H and O–H groups in total. The molecule has 0 aromatic heterocycles. The van der Waals surface area contributed by atoms with E-state index < -0.39 is 10.0 Å². The summed E-state index contributed by atoms with van der Waals surface area (Å²) >= 11 is 0. The van der Waals surface area contributed by atoms with Crippen molar-refractivity contribution in [1.82, 2.24) is 0 Å². The van der Waals surface area contributed by atoms with E-state index in [1.807, 2.05) is 19.9 Å². The Labute approximate surface area is 160 Å². The molecule has 27 heavy (non-hydrogen) atoms. The van der Waals surface area contributed by atoms with E-state index in [1.165, 1.54) is 6.07 Å². The molecule has 144 valence electrons. The van der Waals surface area contributed by atoms with Gasteiger partial charge in [0.15, 0.2) is 0 Å². The van der Waals surface area contributed by atoms with E-state index >= 15 is 0 Å². The van der Waals surface area contributed by atoms with Gasteiger partial charge in [0.2, 0.25) is 5.91 Å². The van der Waals surface area contributed by atoms with E-state index in [9.17, 15) is 13.2 Å². The second kappa shape index (κ2) is 8.00. The molecule has 0 aliphatic carbocycles. The fourth-order valence-electron chi connectivity index (χ4n) is 3.14.